The fourth-order valence-corrected chi connectivity index (χ4v) is 2.82. The summed E-state index contributed by atoms with van der Waals surface area (Å²) in [5.41, 5.74) is 2.92. The Labute approximate surface area is 135 Å². The van der Waals surface area contributed by atoms with Crippen molar-refractivity contribution in [2.24, 2.45) is 0 Å². The average Bonchev–Trinajstić information content (AvgIpc) is 2.84. The molecule has 1 aromatic carbocycles. The number of aliphatic carboxylic acids is 1. The molecule has 5 nitrogen and oxygen atoms in total. The van der Waals surface area contributed by atoms with E-state index in [9.17, 15) is 14.7 Å². The van der Waals surface area contributed by atoms with Gasteiger partial charge in [0, 0.05) is 16.8 Å². The van der Waals surface area contributed by atoms with Gasteiger partial charge < -0.3 is 14.8 Å². The zero-order chi connectivity index (χ0) is 17.1. The zero-order valence-electron chi connectivity index (χ0n) is 13.8. The molecule has 0 saturated carbocycles. The lowest BCUT2D eigenvalue weighted by atomic mass is 9.99. The van der Waals surface area contributed by atoms with E-state index in [4.69, 9.17) is 4.74 Å². The summed E-state index contributed by atoms with van der Waals surface area (Å²) in [5.74, 6) is -1.40. The molecule has 0 radical (unpaired) electrons. The largest absolute Gasteiger partial charge is 0.494 e. The monoisotopic (exact) mass is 315 g/mol. The minimum absolute atomic E-state index is 0.199. The number of methoxy groups -OCH3 is 1. The zero-order valence-corrected chi connectivity index (χ0v) is 13.8. The number of nitrogens with one attached hydrogen (secondary N) is 1. The Morgan fingerprint density at radius 3 is 2.43 bits per heavy atom. The first-order valence-electron chi connectivity index (χ1n) is 7.51. The van der Waals surface area contributed by atoms with E-state index in [2.05, 4.69) is 4.98 Å². The van der Waals surface area contributed by atoms with Crippen LogP contribution in [0.1, 0.15) is 52.1 Å². The summed E-state index contributed by atoms with van der Waals surface area (Å²) in [6, 6.07) is 7.28. The van der Waals surface area contributed by atoms with Crippen molar-refractivity contribution in [1.82, 2.24) is 4.98 Å². The third-order valence-corrected chi connectivity index (χ3v) is 4.11. The number of ether oxygens (including phenoxy) is 1. The Bertz CT molecular complexity index is 745. The number of benzene rings is 1. The molecule has 0 fully saturated rings. The van der Waals surface area contributed by atoms with Crippen molar-refractivity contribution in [3.05, 3.63) is 52.3 Å². The minimum Gasteiger partial charge on any atom is -0.494 e. The summed E-state index contributed by atoms with van der Waals surface area (Å²) in [5, 5.41) is 9.38. The van der Waals surface area contributed by atoms with Crippen LogP contribution in [0.15, 0.2) is 24.3 Å². The standard InChI is InChI=1S/C18H21NO4/c1-5-12(18(21)22)14-11(3)17(23-4)15(19-14)16(20)13-9-7-6-8-10(13)2/h6-9,12,19H,5H2,1-4H3,(H,21,22). The number of hydrogen-bond acceptors (Lipinski definition) is 3. The Balaban J connectivity index is 2.57. The van der Waals surface area contributed by atoms with Gasteiger partial charge in [-0.15, -0.1) is 0 Å². The van der Waals surface area contributed by atoms with Crippen LogP contribution in [0.3, 0.4) is 0 Å². The molecule has 0 bridgehead atoms. The third-order valence-electron chi connectivity index (χ3n) is 4.11. The minimum atomic E-state index is -0.922. The van der Waals surface area contributed by atoms with E-state index >= 15 is 0 Å². The number of carbonyl (C=O) groups excluding carboxylic acids is 1. The predicted molar refractivity (Wildman–Crippen MR) is 87.4 cm³/mol. The smallest absolute Gasteiger partial charge is 0.312 e. The molecule has 0 aliphatic rings. The van der Waals surface area contributed by atoms with Crippen molar-refractivity contribution in [2.45, 2.75) is 33.1 Å². The molecule has 2 aromatic rings. The second-order valence-corrected chi connectivity index (χ2v) is 5.52. The summed E-state index contributed by atoms with van der Waals surface area (Å²) in [6.45, 7) is 5.43. The maximum absolute atomic E-state index is 12.8. The molecule has 2 rings (SSSR count). The highest BCUT2D eigenvalue weighted by atomic mass is 16.5. The fraction of sp³-hybridized carbons (Fsp3) is 0.333. The highest BCUT2D eigenvalue weighted by molar-refractivity contribution is 6.10. The van der Waals surface area contributed by atoms with Crippen LogP contribution in [0.5, 0.6) is 5.75 Å². The molecule has 5 heteroatoms. The van der Waals surface area contributed by atoms with E-state index < -0.39 is 11.9 Å². The van der Waals surface area contributed by atoms with Crippen molar-refractivity contribution in [3.8, 4) is 5.75 Å². The Kier molecular flexibility index (Phi) is 4.89. The van der Waals surface area contributed by atoms with E-state index in [0.717, 1.165) is 5.56 Å². The first kappa shape index (κ1) is 16.8. The molecular weight excluding hydrogens is 294 g/mol. The Morgan fingerprint density at radius 1 is 1.26 bits per heavy atom. The van der Waals surface area contributed by atoms with Gasteiger partial charge >= 0.3 is 5.97 Å². The molecule has 0 spiro atoms. The SMILES string of the molecule is CCC(C(=O)O)c1[nH]c(C(=O)c2ccccc2C)c(OC)c1C. The number of hydrogen-bond donors (Lipinski definition) is 2. The summed E-state index contributed by atoms with van der Waals surface area (Å²) in [4.78, 5) is 27.3. The van der Waals surface area contributed by atoms with Gasteiger partial charge in [-0.3, -0.25) is 9.59 Å². The van der Waals surface area contributed by atoms with Crippen molar-refractivity contribution in [1.29, 1.82) is 0 Å². The molecule has 0 saturated heterocycles. The van der Waals surface area contributed by atoms with Crippen LogP contribution in [0.4, 0.5) is 0 Å². The van der Waals surface area contributed by atoms with Gasteiger partial charge in [0.2, 0.25) is 5.78 Å². The maximum Gasteiger partial charge on any atom is 0.312 e. The van der Waals surface area contributed by atoms with Gasteiger partial charge in [0.1, 0.15) is 5.69 Å². The topological polar surface area (TPSA) is 79.4 Å². The molecular formula is C18H21NO4. The number of rotatable bonds is 6. The number of carboxylic acid groups (broad SMARTS) is 1. The molecule has 1 atom stereocenters. The second-order valence-electron chi connectivity index (χ2n) is 5.52. The van der Waals surface area contributed by atoms with E-state index in [1.165, 1.54) is 7.11 Å². The normalized spacial score (nSPS) is 12.0. The Hall–Kier alpha value is -2.56. The van der Waals surface area contributed by atoms with Gasteiger partial charge in [-0.05, 0) is 25.8 Å². The van der Waals surface area contributed by atoms with Gasteiger partial charge in [-0.2, -0.15) is 0 Å². The van der Waals surface area contributed by atoms with Gasteiger partial charge in [0.15, 0.2) is 5.75 Å². The van der Waals surface area contributed by atoms with Crippen LogP contribution in [0, 0.1) is 13.8 Å². The number of ketones is 1. The third kappa shape index (κ3) is 2.99. The van der Waals surface area contributed by atoms with Crippen molar-refractivity contribution in [3.63, 3.8) is 0 Å². The summed E-state index contributed by atoms with van der Waals surface area (Å²) in [6.07, 6.45) is 0.428. The van der Waals surface area contributed by atoms with Gasteiger partial charge in [-0.25, -0.2) is 0 Å². The molecule has 0 aliphatic carbocycles. The van der Waals surface area contributed by atoms with Crippen molar-refractivity contribution >= 4 is 11.8 Å². The number of H-pyrrole nitrogens is 1. The molecule has 122 valence electrons. The summed E-state index contributed by atoms with van der Waals surface area (Å²) >= 11 is 0. The molecule has 23 heavy (non-hydrogen) atoms. The number of aromatic nitrogens is 1. The van der Waals surface area contributed by atoms with E-state index in [-0.39, 0.29) is 5.78 Å². The van der Waals surface area contributed by atoms with Crippen LogP contribution in [0.25, 0.3) is 0 Å². The predicted octanol–water partition coefficient (Wildman–Crippen LogP) is 3.45. The molecule has 1 unspecified atom stereocenters. The van der Waals surface area contributed by atoms with Crippen molar-refractivity contribution in [2.75, 3.05) is 7.11 Å². The number of aromatic amines is 1. The maximum atomic E-state index is 12.8. The first-order valence-corrected chi connectivity index (χ1v) is 7.51. The summed E-state index contributed by atoms with van der Waals surface area (Å²) < 4.78 is 5.37. The van der Waals surface area contributed by atoms with Crippen LogP contribution in [-0.2, 0) is 4.79 Å². The lowest BCUT2D eigenvalue weighted by Gasteiger charge is -2.09. The highest BCUT2D eigenvalue weighted by Gasteiger charge is 2.28. The molecule has 1 aromatic heterocycles. The van der Waals surface area contributed by atoms with Crippen LogP contribution in [-0.4, -0.2) is 29.0 Å². The molecule has 0 aliphatic heterocycles. The van der Waals surface area contributed by atoms with E-state index in [1.807, 2.05) is 19.1 Å². The van der Waals surface area contributed by atoms with Gasteiger partial charge in [-0.1, -0.05) is 31.2 Å². The quantitative estimate of drug-likeness (QED) is 0.800. The fourth-order valence-electron chi connectivity index (χ4n) is 2.82. The van der Waals surface area contributed by atoms with Gasteiger partial charge in [0.05, 0.1) is 13.0 Å². The molecule has 2 N–H and O–H groups in total. The highest BCUT2D eigenvalue weighted by Crippen LogP contribution is 2.34. The van der Waals surface area contributed by atoms with E-state index in [0.29, 0.717) is 34.7 Å². The van der Waals surface area contributed by atoms with Crippen LogP contribution < -0.4 is 4.74 Å². The Morgan fingerprint density at radius 2 is 1.91 bits per heavy atom. The lowest BCUT2D eigenvalue weighted by molar-refractivity contribution is -0.138. The number of aryl methyl sites for hydroxylation is 1. The second kappa shape index (κ2) is 6.69. The van der Waals surface area contributed by atoms with Gasteiger partial charge in [0.25, 0.3) is 0 Å². The van der Waals surface area contributed by atoms with Crippen molar-refractivity contribution < 1.29 is 19.4 Å². The number of carboxylic acids is 1. The first-order chi connectivity index (χ1) is 10.9. The van der Waals surface area contributed by atoms with Crippen LogP contribution in [0.2, 0.25) is 0 Å². The van der Waals surface area contributed by atoms with E-state index in [1.54, 1.807) is 26.0 Å². The molecule has 1 heterocycles. The number of carbonyl (C=O) groups is 2. The average molecular weight is 315 g/mol. The molecule has 0 amide bonds. The lowest BCUT2D eigenvalue weighted by Crippen LogP contribution is -2.12. The van der Waals surface area contributed by atoms with Crippen LogP contribution >= 0.6 is 0 Å². The summed E-state index contributed by atoms with van der Waals surface area (Å²) in [7, 11) is 1.48.